The van der Waals surface area contributed by atoms with Gasteiger partial charge in [0.2, 0.25) is 0 Å². The zero-order valence-corrected chi connectivity index (χ0v) is 11.2. The summed E-state index contributed by atoms with van der Waals surface area (Å²) in [5.41, 5.74) is 0.176. The van der Waals surface area contributed by atoms with E-state index in [2.05, 4.69) is 5.32 Å². The second-order valence-electron chi connectivity index (χ2n) is 4.33. The van der Waals surface area contributed by atoms with Crippen molar-refractivity contribution in [3.63, 3.8) is 0 Å². The summed E-state index contributed by atoms with van der Waals surface area (Å²) in [5, 5.41) is 3.20. The van der Waals surface area contributed by atoms with Gasteiger partial charge in [-0.05, 0) is 32.0 Å². The zero-order chi connectivity index (χ0) is 12.3. The van der Waals surface area contributed by atoms with E-state index < -0.39 is 5.82 Å². The van der Waals surface area contributed by atoms with Crippen LogP contribution in [-0.4, -0.2) is 37.0 Å². The van der Waals surface area contributed by atoms with Gasteiger partial charge in [-0.25, -0.2) is 4.39 Å². The van der Waals surface area contributed by atoms with Crippen molar-refractivity contribution in [2.45, 2.75) is 18.9 Å². The molecule has 1 aliphatic rings. The molecule has 2 rings (SSSR count). The van der Waals surface area contributed by atoms with Crippen LogP contribution in [-0.2, 0) is 0 Å². The lowest BCUT2D eigenvalue weighted by atomic mass is 10.0. The lowest BCUT2D eigenvalue weighted by Gasteiger charge is -2.31. The number of likely N-dealkylation sites (tertiary alicyclic amines) is 1. The van der Waals surface area contributed by atoms with Gasteiger partial charge in [0.05, 0.1) is 5.56 Å². The van der Waals surface area contributed by atoms with Crippen LogP contribution >= 0.6 is 12.4 Å². The average Bonchev–Trinajstić information content (AvgIpc) is 2.39. The van der Waals surface area contributed by atoms with Crippen molar-refractivity contribution >= 4 is 18.3 Å². The molecule has 0 saturated carbocycles. The molecule has 1 amide bonds. The third kappa shape index (κ3) is 3.21. The van der Waals surface area contributed by atoms with Crippen LogP contribution in [0.2, 0.25) is 0 Å². The largest absolute Gasteiger partial charge is 0.338 e. The highest BCUT2D eigenvalue weighted by Gasteiger charge is 2.24. The molecule has 1 fully saturated rings. The molecule has 100 valence electrons. The predicted molar refractivity (Wildman–Crippen MR) is 71.6 cm³/mol. The first-order chi connectivity index (χ1) is 8.22. The summed E-state index contributed by atoms with van der Waals surface area (Å²) in [4.78, 5) is 13.8. The minimum absolute atomic E-state index is 0. The van der Waals surface area contributed by atoms with E-state index in [0.717, 1.165) is 12.8 Å². The molecule has 1 aliphatic heterocycles. The van der Waals surface area contributed by atoms with Crippen LogP contribution in [0.15, 0.2) is 24.3 Å². The van der Waals surface area contributed by atoms with Crippen molar-refractivity contribution in [1.29, 1.82) is 0 Å². The molecule has 0 aromatic heterocycles. The second-order valence-corrected chi connectivity index (χ2v) is 4.33. The average molecular weight is 273 g/mol. The molecule has 1 aromatic carbocycles. The summed E-state index contributed by atoms with van der Waals surface area (Å²) in [6, 6.07) is 6.63. The maximum atomic E-state index is 13.5. The van der Waals surface area contributed by atoms with E-state index in [-0.39, 0.29) is 23.9 Å². The van der Waals surface area contributed by atoms with E-state index in [0.29, 0.717) is 19.1 Å². The van der Waals surface area contributed by atoms with Gasteiger partial charge in [-0.3, -0.25) is 4.79 Å². The third-order valence-corrected chi connectivity index (χ3v) is 3.29. The molecule has 1 heterocycles. The number of nitrogens with one attached hydrogen (secondary N) is 1. The Balaban J connectivity index is 0.00000162. The van der Waals surface area contributed by atoms with Gasteiger partial charge in [-0.2, -0.15) is 0 Å². The summed E-state index contributed by atoms with van der Waals surface area (Å²) in [6.07, 6.45) is 1.85. The SMILES string of the molecule is CNC1CCN(C(=O)c2ccccc2F)CC1.Cl. The lowest BCUT2D eigenvalue weighted by Crippen LogP contribution is -2.44. The molecule has 1 aromatic rings. The Bertz CT molecular complexity index is 406. The van der Waals surface area contributed by atoms with Gasteiger partial charge in [0.15, 0.2) is 0 Å². The monoisotopic (exact) mass is 272 g/mol. The van der Waals surface area contributed by atoms with Gasteiger partial charge in [-0.15, -0.1) is 12.4 Å². The van der Waals surface area contributed by atoms with E-state index in [9.17, 15) is 9.18 Å². The fourth-order valence-electron chi connectivity index (χ4n) is 2.18. The molecular weight excluding hydrogens is 255 g/mol. The Hall–Kier alpha value is -1.13. The molecule has 0 aliphatic carbocycles. The van der Waals surface area contributed by atoms with Crippen LogP contribution in [0.25, 0.3) is 0 Å². The Morgan fingerprint density at radius 1 is 1.33 bits per heavy atom. The van der Waals surface area contributed by atoms with Gasteiger partial charge in [0, 0.05) is 19.1 Å². The van der Waals surface area contributed by atoms with Crippen molar-refractivity contribution in [3.8, 4) is 0 Å². The van der Waals surface area contributed by atoms with E-state index >= 15 is 0 Å². The first-order valence-electron chi connectivity index (χ1n) is 5.93. The van der Waals surface area contributed by atoms with Crippen LogP contribution in [0.3, 0.4) is 0 Å². The number of nitrogens with zero attached hydrogens (tertiary/aromatic N) is 1. The van der Waals surface area contributed by atoms with Gasteiger partial charge in [0.1, 0.15) is 5.82 Å². The van der Waals surface area contributed by atoms with Gasteiger partial charge < -0.3 is 10.2 Å². The highest BCUT2D eigenvalue weighted by molar-refractivity contribution is 5.94. The van der Waals surface area contributed by atoms with E-state index in [1.54, 1.807) is 23.1 Å². The number of piperidine rings is 1. The number of halogens is 2. The first-order valence-corrected chi connectivity index (χ1v) is 5.93. The van der Waals surface area contributed by atoms with Gasteiger partial charge >= 0.3 is 0 Å². The molecule has 1 saturated heterocycles. The Morgan fingerprint density at radius 2 is 1.94 bits per heavy atom. The van der Waals surface area contributed by atoms with Crippen molar-refractivity contribution in [3.05, 3.63) is 35.6 Å². The molecule has 0 atom stereocenters. The van der Waals surface area contributed by atoms with Crippen LogP contribution in [0, 0.1) is 5.82 Å². The number of amides is 1. The molecule has 0 bridgehead atoms. The topological polar surface area (TPSA) is 32.3 Å². The summed E-state index contributed by atoms with van der Waals surface area (Å²) in [5.74, 6) is -0.633. The maximum absolute atomic E-state index is 13.5. The van der Waals surface area contributed by atoms with Crippen LogP contribution < -0.4 is 5.32 Å². The number of carbonyl (C=O) groups excluding carboxylic acids is 1. The first kappa shape index (κ1) is 14.9. The molecule has 1 N–H and O–H groups in total. The van der Waals surface area contributed by atoms with E-state index in [1.807, 2.05) is 7.05 Å². The summed E-state index contributed by atoms with van der Waals surface area (Å²) in [6.45, 7) is 1.39. The molecule has 0 unspecified atom stereocenters. The highest BCUT2D eigenvalue weighted by Crippen LogP contribution is 2.15. The van der Waals surface area contributed by atoms with Crippen molar-refractivity contribution in [1.82, 2.24) is 10.2 Å². The van der Waals surface area contributed by atoms with Crippen molar-refractivity contribution < 1.29 is 9.18 Å². The number of hydrogen-bond donors (Lipinski definition) is 1. The molecular formula is C13H18ClFN2O. The summed E-state index contributed by atoms with van der Waals surface area (Å²) < 4.78 is 13.5. The Morgan fingerprint density at radius 3 is 2.50 bits per heavy atom. The number of carbonyl (C=O) groups is 1. The van der Waals surface area contributed by atoms with Crippen LogP contribution in [0.1, 0.15) is 23.2 Å². The van der Waals surface area contributed by atoms with Crippen LogP contribution in [0.4, 0.5) is 4.39 Å². The fourth-order valence-corrected chi connectivity index (χ4v) is 2.18. The van der Waals surface area contributed by atoms with E-state index in [1.165, 1.54) is 6.07 Å². The Labute approximate surface area is 113 Å². The second kappa shape index (κ2) is 6.71. The summed E-state index contributed by atoms with van der Waals surface area (Å²) in [7, 11) is 1.93. The number of hydrogen-bond acceptors (Lipinski definition) is 2. The van der Waals surface area contributed by atoms with E-state index in [4.69, 9.17) is 0 Å². The van der Waals surface area contributed by atoms with Crippen molar-refractivity contribution in [2.24, 2.45) is 0 Å². The third-order valence-electron chi connectivity index (χ3n) is 3.29. The van der Waals surface area contributed by atoms with Gasteiger partial charge in [0.25, 0.3) is 5.91 Å². The normalized spacial score (nSPS) is 16.2. The molecule has 0 radical (unpaired) electrons. The standard InChI is InChI=1S/C13H17FN2O.ClH/c1-15-10-6-8-16(9-7-10)13(17)11-4-2-3-5-12(11)14;/h2-5,10,15H,6-9H2,1H3;1H. The summed E-state index contributed by atoms with van der Waals surface area (Å²) >= 11 is 0. The molecule has 0 spiro atoms. The maximum Gasteiger partial charge on any atom is 0.256 e. The number of rotatable bonds is 2. The van der Waals surface area contributed by atoms with Crippen molar-refractivity contribution in [2.75, 3.05) is 20.1 Å². The minimum atomic E-state index is -0.437. The molecule has 18 heavy (non-hydrogen) atoms. The highest BCUT2D eigenvalue weighted by atomic mass is 35.5. The van der Waals surface area contributed by atoms with Gasteiger partial charge in [-0.1, -0.05) is 12.1 Å². The quantitative estimate of drug-likeness (QED) is 0.894. The smallest absolute Gasteiger partial charge is 0.256 e. The zero-order valence-electron chi connectivity index (χ0n) is 10.4. The lowest BCUT2D eigenvalue weighted by molar-refractivity contribution is 0.0702. The minimum Gasteiger partial charge on any atom is -0.338 e. The fraction of sp³-hybridized carbons (Fsp3) is 0.462. The number of benzene rings is 1. The van der Waals surface area contributed by atoms with Crippen LogP contribution in [0.5, 0.6) is 0 Å². The Kier molecular flexibility index (Phi) is 5.56. The molecule has 5 heteroatoms. The molecule has 3 nitrogen and oxygen atoms in total. The predicted octanol–water partition coefficient (Wildman–Crippen LogP) is 2.07.